The van der Waals surface area contributed by atoms with Crippen LogP contribution in [0.25, 0.3) is 0 Å². The average Bonchev–Trinajstić information content (AvgIpc) is 1.90. The highest BCUT2D eigenvalue weighted by atomic mass is 35.5. The third-order valence-corrected chi connectivity index (χ3v) is 2.21. The summed E-state index contributed by atoms with van der Waals surface area (Å²) in [5.41, 5.74) is 0. The molecule has 0 aromatic heterocycles. The molecule has 0 bridgehead atoms. The molecule has 62 valence electrons. The van der Waals surface area contributed by atoms with Gasteiger partial charge >= 0.3 is 0 Å². The Hall–Kier alpha value is 0.870. The Morgan fingerprint density at radius 3 is 1.20 bits per heavy atom. The predicted molar refractivity (Wildman–Crippen MR) is 49.5 cm³/mol. The van der Waals surface area contributed by atoms with Gasteiger partial charge in [-0.1, -0.05) is 0 Å². The van der Waals surface area contributed by atoms with E-state index in [2.05, 4.69) is 0 Å². The molecule has 0 aromatic carbocycles. The Labute approximate surface area is 77.8 Å². The van der Waals surface area contributed by atoms with E-state index in [1.54, 1.807) is 0 Å². The van der Waals surface area contributed by atoms with E-state index in [1.807, 2.05) is 0 Å². The van der Waals surface area contributed by atoms with E-state index in [1.165, 1.54) is 0 Å². The maximum absolute atomic E-state index is 5.58. The van der Waals surface area contributed by atoms with Crippen LogP contribution in [0.5, 0.6) is 0 Å². The highest BCUT2D eigenvalue weighted by molar-refractivity contribution is 6.18. The zero-order chi connectivity index (χ0) is 7.82. The van der Waals surface area contributed by atoms with Gasteiger partial charge in [0.2, 0.25) is 0 Å². The summed E-state index contributed by atoms with van der Waals surface area (Å²) in [6, 6.07) is 0. The number of hydrogen-bond donors (Lipinski definition) is 0. The number of alkyl halides is 3. The van der Waals surface area contributed by atoms with E-state index in [4.69, 9.17) is 34.8 Å². The summed E-state index contributed by atoms with van der Waals surface area (Å²) in [5, 5.41) is 0. The Morgan fingerprint density at radius 2 is 1.00 bits per heavy atom. The van der Waals surface area contributed by atoms with Crippen LogP contribution in [0.1, 0.15) is 19.3 Å². The molecule has 0 atom stereocenters. The molecule has 10 heavy (non-hydrogen) atoms. The highest BCUT2D eigenvalue weighted by Gasteiger charge is 2.05. The molecule has 3 heteroatoms. The van der Waals surface area contributed by atoms with Gasteiger partial charge in [0, 0.05) is 17.6 Å². The van der Waals surface area contributed by atoms with E-state index in [-0.39, 0.29) is 0 Å². The Morgan fingerprint density at radius 1 is 0.700 bits per heavy atom. The molecule has 0 saturated heterocycles. The zero-order valence-electron chi connectivity index (χ0n) is 5.95. The summed E-state index contributed by atoms with van der Waals surface area (Å²) in [7, 11) is 0. The van der Waals surface area contributed by atoms with Gasteiger partial charge in [-0.05, 0) is 25.2 Å². The van der Waals surface area contributed by atoms with Crippen molar-refractivity contribution in [3.63, 3.8) is 0 Å². The maximum atomic E-state index is 5.58. The summed E-state index contributed by atoms with van der Waals surface area (Å²) in [6.45, 7) is 0. The molecular weight excluding hydrogens is 190 g/mol. The van der Waals surface area contributed by atoms with Crippen LogP contribution in [-0.4, -0.2) is 17.6 Å². The first-order valence-electron chi connectivity index (χ1n) is 3.53. The van der Waals surface area contributed by atoms with Gasteiger partial charge in [0.25, 0.3) is 0 Å². The van der Waals surface area contributed by atoms with Gasteiger partial charge in [-0.15, -0.1) is 34.8 Å². The van der Waals surface area contributed by atoms with E-state index in [0.29, 0.717) is 5.92 Å². The average molecular weight is 204 g/mol. The van der Waals surface area contributed by atoms with Crippen LogP contribution in [0.2, 0.25) is 0 Å². The first-order chi connectivity index (χ1) is 4.85. The molecule has 0 aliphatic rings. The van der Waals surface area contributed by atoms with Crippen molar-refractivity contribution in [2.75, 3.05) is 17.6 Å². The van der Waals surface area contributed by atoms with Crippen molar-refractivity contribution in [1.29, 1.82) is 0 Å². The number of hydrogen-bond acceptors (Lipinski definition) is 0. The Kier molecular flexibility index (Phi) is 8.66. The Balaban J connectivity index is 3.30. The second-order valence-electron chi connectivity index (χ2n) is 2.30. The Bertz CT molecular complexity index is 51.6. The summed E-state index contributed by atoms with van der Waals surface area (Å²) in [5.74, 6) is 2.79. The van der Waals surface area contributed by atoms with Gasteiger partial charge in [0.1, 0.15) is 0 Å². The summed E-state index contributed by atoms with van der Waals surface area (Å²) in [4.78, 5) is 0. The lowest BCUT2D eigenvalue weighted by atomic mass is 10.0. The molecule has 0 aromatic rings. The number of halogens is 3. The van der Waals surface area contributed by atoms with Crippen LogP contribution in [0, 0.1) is 5.92 Å². The quantitative estimate of drug-likeness (QED) is 0.580. The largest absolute Gasteiger partial charge is 0.127 e. The normalized spacial score (nSPS) is 10.8. The van der Waals surface area contributed by atoms with Gasteiger partial charge in [0.15, 0.2) is 0 Å². The molecule has 0 rings (SSSR count). The zero-order valence-corrected chi connectivity index (χ0v) is 8.22. The molecule has 0 nitrogen and oxygen atoms in total. The van der Waals surface area contributed by atoms with Gasteiger partial charge in [-0.3, -0.25) is 0 Å². The van der Waals surface area contributed by atoms with Crippen molar-refractivity contribution in [3.8, 4) is 0 Å². The standard InChI is InChI=1S/C7H13Cl3/c8-4-1-7(2-5-9)3-6-10/h7H,1-6H2. The van der Waals surface area contributed by atoms with Crippen molar-refractivity contribution >= 4 is 34.8 Å². The SMILES string of the molecule is ClCCC(CCCl)CCCl. The van der Waals surface area contributed by atoms with Crippen LogP contribution in [0.3, 0.4) is 0 Å². The summed E-state index contributed by atoms with van der Waals surface area (Å²) >= 11 is 16.7. The van der Waals surface area contributed by atoms with Gasteiger partial charge < -0.3 is 0 Å². The predicted octanol–water partition coefficient (Wildman–Crippen LogP) is 3.49. The third kappa shape index (κ3) is 5.64. The van der Waals surface area contributed by atoms with Crippen LogP contribution in [0.15, 0.2) is 0 Å². The van der Waals surface area contributed by atoms with Crippen molar-refractivity contribution in [3.05, 3.63) is 0 Å². The molecule has 0 aliphatic heterocycles. The second kappa shape index (κ2) is 7.97. The van der Waals surface area contributed by atoms with Crippen molar-refractivity contribution in [2.24, 2.45) is 5.92 Å². The van der Waals surface area contributed by atoms with Gasteiger partial charge in [-0.25, -0.2) is 0 Å². The fraction of sp³-hybridized carbons (Fsp3) is 1.00. The van der Waals surface area contributed by atoms with E-state index >= 15 is 0 Å². The van der Waals surface area contributed by atoms with Gasteiger partial charge in [-0.2, -0.15) is 0 Å². The lowest BCUT2D eigenvalue weighted by Crippen LogP contribution is -2.02. The minimum atomic E-state index is 0.632. The first kappa shape index (κ1) is 10.9. The lowest BCUT2D eigenvalue weighted by molar-refractivity contribution is 0.485. The highest BCUT2D eigenvalue weighted by Crippen LogP contribution is 2.15. The molecule has 0 radical (unpaired) electrons. The first-order valence-corrected chi connectivity index (χ1v) is 5.13. The molecule has 0 unspecified atom stereocenters. The second-order valence-corrected chi connectivity index (χ2v) is 3.43. The molecule has 0 fully saturated rings. The molecular formula is C7H13Cl3. The van der Waals surface area contributed by atoms with Crippen molar-refractivity contribution in [1.82, 2.24) is 0 Å². The monoisotopic (exact) mass is 202 g/mol. The van der Waals surface area contributed by atoms with Crippen LogP contribution in [-0.2, 0) is 0 Å². The van der Waals surface area contributed by atoms with Crippen LogP contribution < -0.4 is 0 Å². The van der Waals surface area contributed by atoms with Crippen molar-refractivity contribution in [2.45, 2.75) is 19.3 Å². The minimum Gasteiger partial charge on any atom is -0.127 e. The topological polar surface area (TPSA) is 0 Å². The minimum absolute atomic E-state index is 0.632. The molecule has 0 N–H and O–H groups in total. The van der Waals surface area contributed by atoms with E-state index < -0.39 is 0 Å². The van der Waals surface area contributed by atoms with Crippen LogP contribution >= 0.6 is 34.8 Å². The lowest BCUT2D eigenvalue weighted by Gasteiger charge is -2.10. The molecule has 0 saturated carbocycles. The fourth-order valence-electron chi connectivity index (χ4n) is 0.896. The van der Waals surface area contributed by atoms with Crippen LogP contribution in [0.4, 0.5) is 0 Å². The fourth-order valence-corrected chi connectivity index (χ4v) is 1.82. The van der Waals surface area contributed by atoms with E-state index in [9.17, 15) is 0 Å². The molecule has 0 heterocycles. The molecule has 0 amide bonds. The third-order valence-electron chi connectivity index (χ3n) is 1.55. The maximum Gasteiger partial charge on any atom is 0.0226 e. The smallest absolute Gasteiger partial charge is 0.0226 e. The van der Waals surface area contributed by atoms with E-state index in [0.717, 1.165) is 36.9 Å². The summed E-state index contributed by atoms with van der Waals surface area (Å²) < 4.78 is 0. The van der Waals surface area contributed by atoms with Gasteiger partial charge in [0.05, 0.1) is 0 Å². The molecule has 0 aliphatic carbocycles. The molecule has 0 spiro atoms. The number of rotatable bonds is 6. The van der Waals surface area contributed by atoms with Crippen molar-refractivity contribution < 1.29 is 0 Å². The summed E-state index contributed by atoms with van der Waals surface area (Å²) in [6.07, 6.45) is 3.13.